The summed E-state index contributed by atoms with van der Waals surface area (Å²) in [4.78, 5) is 10.2. The lowest BCUT2D eigenvalue weighted by Gasteiger charge is -2.16. The Bertz CT molecular complexity index is 949. The Morgan fingerprint density at radius 3 is 3.08 bits per heavy atom. The van der Waals surface area contributed by atoms with E-state index >= 15 is 0 Å². The molecular weight excluding hydrogens is 368 g/mol. The molecular formula is C19H19ClN4OS. The third-order valence-corrected chi connectivity index (χ3v) is 5.78. The molecule has 0 spiro atoms. The number of rotatable bonds is 5. The van der Waals surface area contributed by atoms with Crippen molar-refractivity contribution in [3.05, 3.63) is 59.1 Å². The summed E-state index contributed by atoms with van der Waals surface area (Å²) in [5.41, 5.74) is 2.98. The normalized spacial score (nSPS) is 16.2. The van der Waals surface area contributed by atoms with Gasteiger partial charge in [-0.1, -0.05) is 17.7 Å². The summed E-state index contributed by atoms with van der Waals surface area (Å²) in [6.07, 6.45) is 8.85. The van der Waals surface area contributed by atoms with Gasteiger partial charge in [-0.15, -0.1) is 17.9 Å². The maximum atomic E-state index is 5.92. The Labute approximate surface area is 161 Å². The molecule has 1 N–H and O–H groups in total. The maximum absolute atomic E-state index is 5.92. The quantitative estimate of drug-likeness (QED) is 0.601. The SMILES string of the molecule is C=C[C@H]1CCCc2sc(Nc3ccc(-n4cnc(Cl)c4)c(OC)c3)nc21. The molecule has 0 bridgehead atoms. The Kier molecular flexibility index (Phi) is 4.70. The molecule has 7 heteroatoms. The summed E-state index contributed by atoms with van der Waals surface area (Å²) < 4.78 is 7.38. The van der Waals surface area contributed by atoms with Crippen molar-refractivity contribution in [1.29, 1.82) is 0 Å². The third-order valence-electron chi connectivity index (χ3n) is 4.54. The minimum Gasteiger partial charge on any atom is -0.494 e. The van der Waals surface area contributed by atoms with Crippen molar-refractivity contribution < 1.29 is 4.74 Å². The van der Waals surface area contributed by atoms with Crippen LogP contribution in [0.25, 0.3) is 5.69 Å². The summed E-state index contributed by atoms with van der Waals surface area (Å²) in [7, 11) is 1.65. The lowest BCUT2D eigenvalue weighted by atomic mass is 9.91. The molecule has 0 saturated heterocycles. The molecule has 0 fully saturated rings. The second-order valence-corrected chi connectivity index (χ2v) is 7.65. The number of nitrogens with zero attached hydrogens (tertiary/aromatic N) is 3. The van der Waals surface area contributed by atoms with Gasteiger partial charge in [-0.2, -0.15) is 0 Å². The highest BCUT2D eigenvalue weighted by molar-refractivity contribution is 7.15. The molecule has 134 valence electrons. The van der Waals surface area contributed by atoms with Crippen molar-refractivity contribution in [2.24, 2.45) is 0 Å². The van der Waals surface area contributed by atoms with Gasteiger partial charge >= 0.3 is 0 Å². The zero-order valence-electron chi connectivity index (χ0n) is 14.4. The van der Waals surface area contributed by atoms with Crippen LogP contribution in [-0.2, 0) is 6.42 Å². The number of anilines is 2. The average molecular weight is 387 g/mol. The molecule has 3 aromatic rings. The van der Waals surface area contributed by atoms with Crippen LogP contribution < -0.4 is 10.1 Å². The fourth-order valence-corrected chi connectivity index (χ4v) is 4.50. The van der Waals surface area contributed by atoms with Crippen molar-refractivity contribution in [1.82, 2.24) is 14.5 Å². The number of imidazole rings is 1. The number of aromatic nitrogens is 3. The monoisotopic (exact) mass is 386 g/mol. The molecule has 26 heavy (non-hydrogen) atoms. The minimum absolute atomic E-state index is 0.369. The molecule has 1 aliphatic carbocycles. The predicted molar refractivity (Wildman–Crippen MR) is 106 cm³/mol. The number of allylic oxidation sites excluding steroid dienone is 1. The molecule has 0 saturated carbocycles. The van der Waals surface area contributed by atoms with Crippen LogP contribution in [0.1, 0.15) is 29.3 Å². The Hall–Kier alpha value is -2.31. The Morgan fingerprint density at radius 1 is 1.46 bits per heavy atom. The molecule has 1 aliphatic rings. The van der Waals surface area contributed by atoms with E-state index in [1.807, 2.05) is 28.8 Å². The van der Waals surface area contributed by atoms with E-state index in [0.717, 1.165) is 35.1 Å². The van der Waals surface area contributed by atoms with Crippen LogP contribution in [0.4, 0.5) is 10.8 Å². The molecule has 2 heterocycles. The van der Waals surface area contributed by atoms with Crippen molar-refractivity contribution in [2.45, 2.75) is 25.2 Å². The van der Waals surface area contributed by atoms with E-state index in [1.165, 1.54) is 17.0 Å². The highest BCUT2D eigenvalue weighted by Crippen LogP contribution is 2.38. The highest BCUT2D eigenvalue weighted by atomic mass is 35.5. The fourth-order valence-electron chi connectivity index (χ4n) is 3.26. The molecule has 5 nitrogen and oxygen atoms in total. The third kappa shape index (κ3) is 3.22. The minimum atomic E-state index is 0.369. The molecule has 0 radical (unpaired) electrons. The van der Waals surface area contributed by atoms with Crippen molar-refractivity contribution in [3.63, 3.8) is 0 Å². The predicted octanol–water partition coefficient (Wildman–Crippen LogP) is 5.34. The summed E-state index contributed by atoms with van der Waals surface area (Å²) in [6, 6.07) is 5.92. The number of nitrogens with one attached hydrogen (secondary N) is 1. The fraction of sp³-hybridized carbons (Fsp3) is 0.263. The molecule has 4 rings (SSSR count). The number of halogens is 1. The van der Waals surface area contributed by atoms with Crippen LogP contribution in [0.5, 0.6) is 5.75 Å². The van der Waals surface area contributed by atoms with E-state index < -0.39 is 0 Å². The van der Waals surface area contributed by atoms with Gasteiger partial charge in [0.2, 0.25) is 0 Å². The van der Waals surface area contributed by atoms with E-state index in [4.69, 9.17) is 21.3 Å². The number of ether oxygens (including phenoxy) is 1. The number of hydrogen-bond donors (Lipinski definition) is 1. The zero-order valence-corrected chi connectivity index (χ0v) is 16.0. The number of aryl methyl sites for hydroxylation is 1. The topological polar surface area (TPSA) is 52.0 Å². The van der Waals surface area contributed by atoms with Gasteiger partial charge in [-0.25, -0.2) is 9.97 Å². The van der Waals surface area contributed by atoms with Gasteiger partial charge in [0, 0.05) is 28.7 Å². The van der Waals surface area contributed by atoms with Gasteiger partial charge in [0.25, 0.3) is 0 Å². The molecule has 0 aliphatic heterocycles. The van der Waals surface area contributed by atoms with Gasteiger partial charge in [0.1, 0.15) is 17.2 Å². The van der Waals surface area contributed by atoms with E-state index in [-0.39, 0.29) is 0 Å². The van der Waals surface area contributed by atoms with E-state index in [2.05, 4.69) is 16.9 Å². The second kappa shape index (κ2) is 7.13. The van der Waals surface area contributed by atoms with Crippen LogP contribution in [0.2, 0.25) is 5.15 Å². The van der Waals surface area contributed by atoms with Crippen LogP contribution in [0.15, 0.2) is 43.4 Å². The van der Waals surface area contributed by atoms with Gasteiger partial charge < -0.3 is 14.6 Å². The van der Waals surface area contributed by atoms with Gasteiger partial charge in [-0.05, 0) is 31.4 Å². The van der Waals surface area contributed by atoms with Crippen LogP contribution in [0, 0.1) is 0 Å². The average Bonchev–Trinajstić information content (AvgIpc) is 3.26. The largest absolute Gasteiger partial charge is 0.494 e. The Morgan fingerprint density at radius 2 is 2.35 bits per heavy atom. The van der Waals surface area contributed by atoms with Crippen molar-refractivity contribution in [3.8, 4) is 11.4 Å². The van der Waals surface area contributed by atoms with Crippen molar-refractivity contribution >= 4 is 33.8 Å². The van der Waals surface area contributed by atoms with Crippen LogP contribution in [0.3, 0.4) is 0 Å². The molecule has 0 unspecified atom stereocenters. The van der Waals surface area contributed by atoms with Gasteiger partial charge in [0.15, 0.2) is 5.13 Å². The van der Waals surface area contributed by atoms with E-state index in [9.17, 15) is 0 Å². The smallest absolute Gasteiger partial charge is 0.187 e. The number of methoxy groups -OCH3 is 1. The first kappa shape index (κ1) is 17.1. The number of thiazole rings is 1. The second-order valence-electron chi connectivity index (χ2n) is 6.18. The summed E-state index contributed by atoms with van der Waals surface area (Å²) in [5, 5.41) is 4.76. The zero-order chi connectivity index (χ0) is 18.1. The summed E-state index contributed by atoms with van der Waals surface area (Å²) in [5.74, 6) is 1.10. The number of benzene rings is 1. The van der Waals surface area contributed by atoms with Gasteiger partial charge in [-0.3, -0.25) is 0 Å². The van der Waals surface area contributed by atoms with Crippen LogP contribution in [-0.4, -0.2) is 21.6 Å². The first-order valence-corrected chi connectivity index (χ1v) is 9.64. The summed E-state index contributed by atoms with van der Waals surface area (Å²) >= 11 is 7.64. The van der Waals surface area contributed by atoms with Crippen LogP contribution >= 0.6 is 22.9 Å². The Balaban J connectivity index is 1.61. The molecule has 2 aromatic heterocycles. The summed E-state index contributed by atoms with van der Waals surface area (Å²) in [6.45, 7) is 3.95. The van der Waals surface area contributed by atoms with Gasteiger partial charge in [0.05, 0.1) is 18.5 Å². The lowest BCUT2D eigenvalue weighted by Crippen LogP contribution is -2.05. The number of hydrogen-bond acceptors (Lipinski definition) is 5. The maximum Gasteiger partial charge on any atom is 0.187 e. The molecule has 1 aromatic carbocycles. The molecule has 0 amide bonds. The first-order chi connectivity index (χ1) is 12.7. The van der Waals surface area contributed by atoms with Crippen molar-refractivity contribution in [2.75, 3.05) is 12.4 Å². The van der Waals surface area contributed by atoms with E-state index in [0.29, 0.717) is 11.1 Å². The highest BCUT2D eigenvalue weighted by Gasteiger charge is 2.22. The standard InChI is InChI=1S/C19H19ClN4OS/c1-3-12-5-4-6-16-18(12)23-19(26-16)22-13-7-8-14(15(9-13)25-2)24-10-17(20)21-11-24/h3,7-12H,1,4-6H2,2H3,(H,22,23)/t12-/m0/s1. The first-order valence-electron chi connectivity index (χ1n) is 8.45. The molecule has 1 atom stereocenters. The van der Waals surface area contributed by atoms with E-state index in [1.54, 1.807) is 31.0 Å². The lowest BCUT2D eigenvalue weighted by molar-refractivity contribution is 0.413. The number of fused-ring (bicyclic) bond motifs is 1.